The summed E-state index contributed by atoms with van der Waals surface area (Å²) in [6, 6.07) is 16.6. The number of morpholine rings is 1. The zero-order valence-corrected chi connectivity index (χ0v) is 14.6. The number of oxazole rings is 1. The molecule has 0 bridgehead atoms. The van der Waals surface area contributed by atoms with E-state index in [0.29, 0.717) is 12.6 Å². The maximum Gasteiger partial charge on any atom is 0.295 e. The molecule has 0 unspecified atom stereocenters. The van der Waals surface area contributed by atoms with Crippen molar-refractivity contribution in [2.75, 3.05) is 38.2 Å². The van der Waals surface area contributed by atoms with Crippen LogP contribution < -0.4 is 5.32 Å². The Morgan fingerprint density at radius 2 is 1.84 bits per heavy atom. The zero-order valence-electron chi connectivity index (χ0n) is 13.8. The second kappa shape index (κ2) is 7.44. The van der Waals surface area contributed by atoms with Crippen molar-refractivity contribution in [3.63, 3.8) is 0 Å². The van der Waals surface area contributed by atoms with Crippen LogP contribution in [0.25, 0.3) is 11.1 Å². The average molecular weight is 358 g/mol. The lowest BCUT2D eigenvalue weighted by Crippen LogP contribution is -2.41. The summed E-state index contributed by atoms with van der Waals surface area (Å²) in [5, 5.41) is 4.10. The summed E-state index contributed by atoms with van der Waals surface area (Å²) in [5.74, 6) is 0. The Morgan fingerprint density at radius 3 is 2.60 bits per heavy atom. The molecule has 2 heterocycles. The first-order valence-corrected chi connectivity index (χ1v) is 8.84. The van der Waals surface area contributed by atoms with Crippen molar-refractivity contribution in [1.29, 1.82) is 0 Å². The van der Waals surface area contributed by atoms with E-state index in [0.717, 1.165) is 42.4 Å². The highest BCUT2D eigenvalue weighted by molar-refractivity contribution is 6.30. The Morgan fingerprint density at radius 1 is 1.08 bits per heavy atom. The van der Waals surface area contributed by atoms with Gasteiger partial charge in [-0.2, -0.15) is 4.98 Å². The number of halogens is 1. The van der Waals surface area contributed by atoms with Crippen LogP contribution in [-0.4, -0.2) is 42.7 Å². The van der Waals surface area contributed by atoms with Gasteiger partial charge in [-0.05, 0) is 29.8 Å². The molecular weight excluding hydrogens is 338 g/mol. The van der Waals surface area contributed by atoms with Gasteiger partial charge in [0.15, 0.2) is 5.58 Å². The van der Waals surface area contributed by atoms with E-state index in [9.17, 15) is 0 Å². The number of aromatic nitrogens is 1. The molecule has 1 aliphatic rings. The third-order valence-corrected chi connectivity index (χ3v) is 4.73. The minimum absolute atomic E-state index is 0.205. The maximum absolute atomic E-state index is 6.05. The van der Waals surface area contributed by atoms with Crippen molar-refractivity contribution in [3.05, 3.63) is 59.1 Å². The molecule has 5 nitrogen and oxygen atoms in total. The summed E-state index contributed by atoms with van der Waals surface area (Å²) in [7, 11) is 0. The van der Waals surface area contributed by atoms with Crippen molar-refractivity contribution >= 4 is 28.7 Å². The molecule has 130 valence electrons. The zero-order chi connectivity index (χ0) is 17.1. The molecule has 2 aromatic carbocycles. The topological polar surface area (TPSA) is 50.5 Å². The van der Waals surface area contributed by atoms with Crippen LogP contribution in [-0.2, 0) is 4.74 Å². The largest absolute Gasteiger partial charge is 0.424 e. The molecule has 1 saturated heterocycles. The molecule has 4 rings (SSSR count). The minimum atomic E-state index is 0.205. The van der Waals surface area contributed by atoms with Gasteiger partial charge in [0.25, 0.3) is 6.01 Å². The molecule has 0 aliphatic carbocycles. The predicted octanol–water partition coefficient (Wildman–Crippen LogP) is 3.97. The van der Waals surface area contributed by atoms with Gasteiger partial charge in [0.05, 0.1) is 19.3 Å². The highest BCUT2D eigenvalue weighted by atomic mass is 35.5. The number of nitrogens with one attached hydrogen (secondary N) is 1. The Hall–Kier alpha value is -2.08. The highest BCUT2D eigenvalue weighted by Crippen LogP contribution is 2.25. The molecule has 1 aliphatic heterocycles. The van der Waals surface area contributed by atoms with Crippen molar-refractivity contribution in [2.45, 2.75) is 6.04 Å². The van der Waals surface area contributed by atoms with Crippen LogP contribution in [0.1, 0.15) is 11.6 Å². The summed E-state index contributed by atoms with van der Waals surface area (Å²) in [4.78, 5) is 6.91. The van der Waals surface area contributed by atoms with Crippen LogP contribution in [0.4, 0.5) is 6.01 Å². The van der Waals surface area contributed by atoms with Crippen LogP contribution in [0.2, 0.25) is 5.02 Å². The normalized spacial score (nSPS) is 16.8. The van der Waals surface area contributed by atoms with Gasteiger partial charge in [0, 0.05) is 24.7 Å². The number of nitrogens with zero attached hydrogens (tertiary/aromatic N) is 2. The van der Waals surface area contributed by atoms with Gasteiger partial charge in [-0.1, -0.05) is 35.9 Å². The standard InChI is InChI=1S/C19H20ClN3O2/c20-15-7-5-14(6-8-15)17(23-9-11-24-12-10-23)13-21-19-22-16-3-1-2-4-18(16)25-19/h1-8,17H,9-13H2,(H,21,22)/t17-/m0/s1. The fourth-order valence-corrected chi connectivity index (χ4v) is 3.29. The molecular formula is C19H20ClN3O2. The van der Waals surface area contributed by atoms with Gasteiger partial charge in [0.1, 0.15) is 5.52 Å². The summed E-state index contributed by atoms with van der Waals surface area (Å²) < 4.78 is 11.3. The Labute approximate surface area is 151 Å². The third kappa shape index (κ3) is 3.79. The molecule has 1 fully saturated rings. The molecule has 1 atom stereocenters. The van der Waals surface area contributed by atoms with Crippen LogP contribution >= 0.6 is 11.6 Å². The smallest absolute Gasteiger partial charge is 0.295 e. The first-order chi connectivity index (χ1) is 12.3. The molecule has 3 aromatic rings. The van der Waals surface area contributed by atoms with Crippen molar-refractivity contribution in [3.8, 4) is 0 Å². The number of benzene rings is 2. The molecule has 1 aromatic heterocycles. The lowest BCUT2D eigenvalue weighted by molar-refractivity contribution is 0.0186. The van der Waals surface area contributed by atoms with E-state index >= 15 is 0 Å². The molecule has 6 heteroatoms. The lowest BCUT2D eigenvalue weighted by Gasteiger charge is -2.34. The minimum Gasteiger partial charge on any atom is -0.424 e. The van der Waals surface area contributed by atoms with Gasteiger partial charge < -0.3 is 14.5 Å². The molecule has 0 radical (unpaired) electrons. The summed E-state index contributed by atoms with van der Waals surface area (Å²) in [6.07, 6.45) is 0. The van der Waals surface area contributed by atoms with E-state index in [4.69, 9.17) is 20.8 Å². The summed E-state index contributed by atoms with van der Waals surface area (Å²) in [5.41, 5.74) is 2.87. The summed E-state index contributed by atoms with van der Waals surface area (Å²) in [6.45, 7) is 4.03. The fourth-order valence-electron chi connectivity index (χ4n) is 3.16. The molecule has 0 amide bonds. The van der Waals surface area contributed by atoms with Crippen molar-refractivity contribution in [2.24, 2.45) is 0 Å². The quantitative estimate of drug-likeness (QED) is 0.748. The van der Waals surface area contributed by atoms with Gasteiger partial charge >= 0.3 is 0 Å². The Bertz CT molecular complexity index is 795. The second-order valence-corrected chi connectivity index (χ2v) is 6.52. The second-order valence-electron chi connectivity index (χ2n) is 6.08. The first kappa shape index (κ1) is 16.4. The van der Waals surface area contributed by atoms with E-state index in [1.807, 2.05) is 36.4 Å². The number of fused-ring (bicyclic) bond motifs is 1. The Balaban J connectivity index is 1.53. The molecule has 25 heavy (non-hydrogen) atoms. The van der Waals surface area contributed by atoms with Crippen LogP contribution in [0.3, 0.4) is 0 Å². The maximum atomic E-state index is 6.05. The molecule has 1 N–H and O–H groups in total. The van der Waals surface area contributed by atoms with Gasteiger partial charge in [0.2, 0.25) is 0 Å². The van der Waals surface area contributed by atoms with Gasteiger partial charge in [-0.3, -0.25) is 4.90 Å². The average Bonchev–Trinajstić information content (AvgIpc) is 3.07. The number of hydrogen-bond donors (Lipinski definition) is 1. The highest BCUT2D eigenvalue weighted by Gasteiger charge is 2.23. The molecule has 0 spiro atoms. The number of hydrogen-bond acceptors (Lipinski definition) is 5. The number of anilines is 1. The van der Waals surface area contributed by atoms with Crippen molar-refractivity contribution in [1.82, 2.24) is 9.88 Å². The van der Waals surface area contributed by atoms with E-state index in [2.05, 4.69) is 27.3 Å². The van der Waals surface area contributed by atoms with E-state index in [1.54, 1.807) is 0 Å². The van der Waals surface area contributed by atoms with Gasteiger partial charge in [-0.15, -0.1) is 0 Å². The Kier molecular flexibility index (Phi) is 4.88. The number of para-hydroxylation sites is 2. The van der Waals surface area contributed by atoms with Crippen LogP contribution in [0, 0.1) is 0 Å². The van der Waals surface area contributed by atoms with Crippen LogP contribution in [0.5, 0.6) is 0 Å². The molecule has 0 saturated carbocycles. The SMILES string of the molecule is Clc1ccc([C@H](CNc2nc3ccccc3o2)N2CCOCC2)cc1. The number of rotatable bonds is 5. The monoisotopic (exact) mass is 357 g/mol. The first-order valence-electron chi connectivity index (χ1n) is 8.46. The lowest BCUT2D eigenvalue weighted by atomic mass is 10.0. The van der Waals surface area contributed by atoms with Crippen LogP contribution in [0.15, 0.2) is 52.9 Å². The van der Waals surface area contributed by atoms with E-state index < -0.39 is 0 Å². The summed E-state index contributed by atoms with van der Waals surface area (Å²) >= 11 is 6.05. The number of ether oxygens (including phenoxy) is 1. The van der Waals surface area contributed by atoms with E-state index in [-0.39, 0.29) is 6.04 Å². The third-order valence-electron chi connectivity index (χ3n) is 4.48. The fraction of sp³-hybridized carbons (Fsp3) is 0.316. The van der Waals surface area contributed by atoms with Crippen molar-refractivity contribution < 1.29 is 9.15 Å². The van der Waals surface area contributed by atoms with E-state index in [1.165, 1.54) is 5.56 Å². The van der Waals surface area contributed by atoms with Gasteiger partial charge in [-0.25, -0.2) is 0 Å². The predicted molar refractivity (Wildman–Crippen MR) is 99.1 cm³/mol.